The predicted molar refractivity (Wildman–Crippen MR) is 97.9 cm³/mol. The number of nitrogens with one attached hydrogen (secondary N) is 2. The van der Waals surface area contributed by atoms with Crippen molar-refractivity contribution in [3.8, 4) is 11.1 Å². The molecular formula is C17H16N6S. The Kier molecular flexibility index (Phi) is 3.62. The number of aromatic amines is 1. The van der Waals surface area contributed by atoms with Crippen LogP contribution in [0.5, 0.6) is 0 Å². The van der Waals surface area contributed by atoms with E-state index in [-0.39, 0.29) is 0 Å². The number of hydrogen-bond donors (Lipinski definition) is 3. The summed E-state index contributed by atoms with van der Waals surface area (Å²) in [6.45, 7) is 2.61. The Hall–Kier alpha value is -2.93. The van der Waals surface area contributed by atoms with Gasteiger partial charge in [0.2, 0.25) is 0 Å². The van der Waals surface area contributed by atoms with E-state index >= 15 is 0 Å². The van der Waals surface area contributed by atoms with Gasteiger partial charge in [0.1, 0.15) is 23.1 Å². The van der Waals surface area contributed by atoms with Gasteiger partial charge in [0.25, 0.3) is 0 Å². The smallest absolute Gasteiger partial charge is 0.143 e. The van der Waals surface area contributed by atoms with E-state index in [2.05, 4.69) is 42.1 Å². The quantitative estimate of drug-likeness (QED) is 0.530. The predicted octanol–water partition coefficient (Wildman–Crippen LogP) is 3.58. The standard InChI is InChI=1S/C17H16N6S/c1-10-22-16(20-7-11-3-5-24-9-11)15-13(8-21-17(15)23-10)12-2-4-19-14(18)6-12/h2-6,8-9H,7H2,1H3,(H2,18,19)(H2,20,21,22,23). The number of H-pyrrole nitrogens is 1. The van der Waals surface area contributed by atoms with Crippen molar-refractivity contribution in [3.63, 3.8) is 0 Å². The molecule has 4 aromatic heterocycles. The van der Waals surface area contributed by atoms with Crippen LogP contribution in [0, 0.1) is 6.92 Å². The van der Waals surface area contributed by atoms with Crippen molar-refractivity contribution in [2.75, 3.05) is 11.1 Å². The molecule has 4 rings (SSSR count). The molecule has 0 aliphatic heterocycles. The van der Waals surface area contributed by atoms with Gasteiger partial charge in [-0.05, 0) is 47.0 Å². The van der Waals surface area contributed by atoms with Crippen molar-refractivity contribution in [3.05, 3.63) is 52.7 Å². The lowest BCUT2D eigenvalue weighted by atomic mass is 10.1. The number of rotatable bonds is 4. The van der Waals surface area contributed by atoms with E-state index in [0.29, 0.717) is 5.82 Å². The molecule has 0 atom stereocenters. The van der Waals surface area contributed by atoms with E-state index < -0.39 is 0 Å². The van der Waals surface area contributed by atoms with Crippen LogP contribution >= 0.6 is 11.3 Å². The van der Waals surface area contributed by atoms with Crippen molar-refractivity contribution >= 4 is 34.0 Å². The highest BCUT2D eigenvalue weighted by Crippen LogP contribution is 2.33. The molecule has 0 unspecified atom stereocenters. The highest BCUT2D eigenvalue weighted by atomic mass is 32.1. The molecule has 0 amide bonds. The molecule has 0 fully saturated rings. The summed E-state index contributed by atoms with van der Waals surface area (Å²) in [6, 6.07) is 5.89. The van der Waals surface area contributed by atoms with E-state index in [1.54, 1.807) is 17.5 Å². The average Bonchev–Trinajstić information content (AvgIpc) is 3.22. The zero-order valence-corrected chi connectivity index (χ0v) is 13.9. The fourth-order valence-corrected chi connectivity index (χ4v) is 3.36. The number of nitrogens with zero attached hydrogens (tertiary/aromatic N) is 3. The van der Waals surface area contributed by atoms with Gasteiger partial charge in [-0.1, -0.05) is 0 Å². The normalized spacial score (nSPS) is 11.0. The van der Waals surface area contributed by atoms with Crippen molar-refractivity contribution in [2.45, 2.75) is 13.5 Å². The van der Waals surface area contributed by atoms with Crippen molar-refractivity contribution in [2.24, 2.45) is 0 Å². The van der Waals surface area contributed by atoms with Gasteiger partial charge < -0.3 is 16.0 Å². The first-order valence-corrected chi connectivity index (χ1v) is 8.47. The molecule has 6 nitrogen and oxygen atoms in total. The zero-order chi connectivity index (χ0) is 16.5. The summed E-state index contributed by atoms with van der Waals surface area (Å²) >= 11 is 1.69. The Morgan fingerprint density at radius 3 is 3.00 bits per heavy atom. The Balaban J connectivity index is 1.81. The number of fused-ring (bicyclic) bond motifs is 1. The lowest BCUT2D eigenvalue weighted by Crippen LogP contribution is -2.03. The summed E-state index contributed by atoms with van der Waals surface area (Å²) in [6.07, 6.45) is 3.64. The first-order valence-electron chi connectivity index (χ1n) is 7.53. The number of pyridine rings is 1. The van der Waals surface area contributed by atoms with Crippen LogP contribution in [0.25, 0.3) is 22.2 Å². The third kappa shape index (κ3) is 2.69. The van der Waals surface area contributed by atoms with Crippen LogP contribution in [0.15, 0.2) is 41.4 Å². The van der Waals surface area contributed by atoms with Gasteiger partial charge in [-0.15, -0.1) is 0 Å². The maximum absolute atomic E-state index is 5.83. The maximum atomic E-state index is 5.83. The summed E-state index contributed by atoms with van der Waals surface area (Å²) in [5, 5.41) is 8.58. The molecule has 120 valence electrons. The van der Waals surface area contributed by atoms with E-state index in [1.165, 1.54) is 5.56 Å². The third-order valence-electron chi connectivity index (χ3n) is 3.78. The molecular weight excluding hydrogens is 320 g/mol. The number of aromatic nitrogens is 4. The zero-order valence-electron chi connectivity index (χ0n) is 13.1. The minimum absolute atomic E-state index is 0.489. The second-order valence-electron chi connectivity index (χ2n) is 5.50. The first kappa shape index (κ1) is 14.6. The second-order valence-corrected chi connectivity index (χ2v) is 6.28. The molecule has 4 N–H and O–H groups in total. The SMILES string of the molecule is Cc1nc(NCc2ccsc2)c2c(-c3ccnc(N)c3)c[nH]c2n1. The number of nitrogens with two attached hydrogens (primary N) is 1. The molecule has 0 saturated heterocycles. The largest absolute Gasteiger partial charge is 0.384 e. The topological polar surface area (TPSA) is 92.5 Å². The van der Waals surface area contributed by atoms with Crippen molar-refractivity contribution < 1.29 is 0 Å². The minimum Gasteiger partial charge on any atom is -0.384 e. The fourth-order valence-electron chi connectivity index (χ4n) is 2.70. The van der Waals surface area contributed by atoms with Crippen LogP contribution < -0.4 is 11.1 Å². The van der Waals surface area contributed by atoms with E-state index in [4.69, 9.17) is 5.73 Å². The summed E-state index contributed by atoms with van der Waals surface area (Å²) in [5.74, 6) is 2.02. The van der Waals surface area contributed by atoms with Crippen molar-refractivity contribution in [1.29, 1.82) is 0 Å². The minimum atomic E-state index is 0.489. The molecule has 4 aromatic rings. The highest BCUT2D eigenvalue weighted by Gasteiger charge is 2.14. The monoisotopic (exact) mass is 336 g/mol. The number of anilines is 2. The first-order chi connectivity index (χ1) is 11.7. The van der Waals surface area contributed by atoms with Gasteiger partial charge >= 0.3 is 0 Å². The van der Waals surface area contributed by atoms with E-state index in [9.17, 15) is 0 Å². The fraction of sp³-hybridized carbons (Fsp3) is 0.118. The van der Waals surface area contributed by atoms with Crippen LogP contribution in [-0.2, 0) is 6.54 Å². The van der Waals surface area contributed by atoms with Gasteiger partial charge in [0.15, 0.2) is 0 Å². The molecule has 7 heteroatoms. The summed E-state index contributed by atoms with van der Waals surface area (Å²) in [7, 11) is 0. The van der Waals surface area contributed by atoms with Gasteiger partial charge in [-0.2, -0.15) is 11.3 Å². The van der Waals surface area contributed by atoms with Crippen LogP contribution in [0.4, 0.5) is 11.6 Å². The third-order valence-corrected chi connectivity index (χ3v) is 4.51. The summed E-state index contributed by atoms with van der Waals surface area (Å²) in [4.78, 5) is 16.4. The Morgan fingerprint density at radius 1 is 1.29 bits per heavy atom. The Labute approximate surface area is 142 Å². The molecule has 0 aliphatic rings. The van der Waals surface area contributed by atoms with Crippen molar-refractivity contribution in [1.82, 2.24) is 19.9 Å². The summed E-state index contributed by atoms with van der Waals surface area (Å²) in [5.41, 5.74) is 9.86. The number of nitrogen functional groups attached to an aromatic ring is 1. The van der Waals surface area contributed by atoms with Crippen LogP contribution in [0.1, 0.15) is 11.4 Å². The van der Waals surface area contributed by atoms with E-state index in [0.717, 1.165) is 40.3 Å². The van der Waals surface area contributed by atoms with E-state index in [1.807, 2.05) is 25.3 Å². The molecule has 4 heterocycles. The van der Waals surface area contributed by atoms with Gasteiger partial charge in [-0.25, -0.2) is 15.0 Å². The second kappa shape index (κ2) is 5.93. The van der Waals surface area contributed by atoms with Gasteiger partial charge in [0.05, 0.1) is 5.39 Å². The molecule has 0 spiro atoms. The highest BCUT2D eigenvalue weighted by molar-refractivity contribution is 7.07. The van der Waals surface area contributed by atoms with Crippen LogP contribution in [0.2, 0.25) is 0 Å². The Bertz CT molecular complexity index is 990. The molecule has 0 radical (unpaired) electrons. The maximum Gasteiger partial charge on any atom is 0.143 e. The van der Waals surface area contributed by atoms with Crippen LogP contribution in [0.3, 0.4) is 0 Å². The van der Waals surface area contributed by atoms with Crippen LogP contribution in [-0.4, -0.2) is 19.9 Å². The summed E-state index contributed by atoms with van der Waals surface area (Å²) < 4.78 is 0. The molecule has 24 heavy (non-hydrogen) atoms. The molecule has 0 saturated carbocycles. The molecule has 0 bridgehead atoms. The number of aryl methyl sites for hydroxylation is 1. The molecule has 0 aliphatic carbocycles. The number of hydrogen-bond acceptors (Lipinski definition) is 6. The number of thiophene rings is 1. The van der Waals surface area contributed by atoms with Gasteiger partial charge in [0, 0.05) is 24.5 Å². The average molecular weight is 336 g/mol. The lowest BCUT2D eigenvalue weighted by molar-refractivity contribution is 1.05. The van der Waals surface area contributed by atoms with Gasteiger partial charge in [-0.3, -0.25) is 0 Å². The Morgan fingerprint density at radius 2 is 2.21 bits per heavy atom. The lowest BCUT2D eigenvalue weighted by Gasteiger charge is -2.09. The molecule has 0 aromatic carbocycles.